The van der Waals surface area contributed by atoms with Crippen molar-refractivity contribution in [1.29, 1.82) is 0 Å². The molecule has 0 bridgehead atoms. The minimum Gasteiger partial charge on any atom is -0.381 e. The Morgan fingerprint density at radius 3 is 2.38 bits per heavy atom. The predicted molar refractivity (Wildman–Crippen MR) is 85.5 cm³/mol. The minimum atomic E-state index is 0.120. The molecule has 0 amide bonds. The Bertz CT molecular complexity index is 302. The van der Waals surface area contributed by atoms with Gasteiger partial charge in [0.2, 0.25) is 0 Å². The predicted octanol–water partition coefficient (Wildman–Crippen LogP) is 3.66. The van der Waals surface area contributed by atoms with Crippen LogP contribution in [0, 0.1) is 5.92 Å². The maximum atomic E-state index is 6.68. The van der Waals surface area contributed by atoms with Crippen molar-refractivity contribution in [2.75, 3.05) is 19.8 Å². The first-order valence-corrected chi connectivity index (χ1v) is 9.28. The summed E-state index contributed by atoms with van der Waals surface area (Å²) >= 11 is 0. The molecule has 3 heteroatoms. The molecule has 3 fully saturated rings. The molecule has 1 aliphatic heterocycles. The molecule has 122 valence electrons. The average molecular weight is 295 g/mol. The molecule has 2 aliphatic carbocycles. The van der Waals surface area contributed by atoms with Gasteiger partial charge in [0.25, 0.3) is 0 Å². The first-order valence-electron chi connectivity index (χ1n) is 9.28. The van der Waals surface area contributed by atoms with E-state index in [0.717, 1.165) is 44.6 Å². The summed E-state index contributed by atoms with van der Waals surface area (Å²) in [7, 11) is 0. The van der Waals surface area contributed by atoms with Crippen molar-refractivity contribution < 1.29 is 9.47 Å². The van der Waals surface area contributed by atoms with Crippen LogP contribution in [-0.2, 0) is 9.47 Å². The highest BCUT2D eigenvalue weighted by atomic mass is 16.5. The number of hydrogen-bond donors (Lipinski definition) is 1. The Morgan fingerprint density at radius 2 is 1.76 bits per heavy atom. The van der Waals surface area contributed by atoms with Crippen LogP contribution in [0.15, 0.2) is 0 Å². The Morgan fingerprint density at radius 1 is 1.05 bits per heavy atom. The standard InChI is InChI=1S/C18H33NO2/c1-2-3-15-6-10-18(11-7-15,14-19-16-4-5-16)21-17-8-12-20-13-9-17/h15-17,19H,2-14H2,1H3. The van der Waals surface area contributed by atoms with Gasteiger partial charge in [0, 0.05) is 25.8 Å². The van der Waals surface area contributed by atoms with Gasteiger partial charge in [0.15, 0.2) is 0 Å². The van der Waals surface area contributed by atoms with Crippen molar-refractivity contribution in [2.24, 2.45) is 5.92 Å². The summed E-state index contributed by atoms with van der Waals surface area (Å²) in [5.74, 6) is 0.947. The van der Waals surface area contributed by atoms with Gasteiger partial charge in [0.1, 0.15) is 0 Å². The lowest BCUT2D eigenvalue weighted by Crippen LogP contribution is -2.49. The second-order valence-electron chi connectivity index (χ2n) is 7.50. The van der Waals surface area contributed by atoms with Gasteiger partial charge in [-0.2, -0.15) is 0 Å². The third-order valence-electron chi connectivity index (χ3n) is 5.59. The third-order valence-corrected chi connectivity index (χ3v) is 5.59. The molecule has 0 unspecified atom stereocenters. The third kappa shape index (κ3) is 4.67. The van der Waals surface area contributed by atoms with E-state index in [1.54, 1.807) is 0 Å². The largest absolute Gasteiger partial charge is 0.381 e. The molecule has 1 N–H and O–H groups in total. The lowest BCUT2D eigenvalue weighted by Gasteiger charge is -2.43. The van der Waals surface area contributed by atoms with Crippen molar-refractivity contribution in [3.63, 3.8) is 0 Å². The highest BCUT2D eigenvalue weighted by Gasteiger charge is 2.39. The van der Waals surface area contributed by atoms with Crippen LogP contribution < -0.4 is 5.32 Å². The van der Waals surface area contributed by atoms with Gasteiger partial charge in [-0.15, -0.1) is 0 Å². The second-order valence-corrected chi connectivity index (χ2v) is 7.50. The number of nitrogens with one attached hydrogen (secondary N) is 1. The van der Waals surface area contributed by atoms with E-state index in [4.69, 9.17) is 9.47 Å². The van der Waals surface area contributed by atoms with E-state index < -0.39 is 0 Å². The fourth-order valence-corrected chi connectivity index (χ4v) is 4.00. The fourth-order valence-electron chi connectivity index (χ4n) is 4.00. The SMILES string of the molecule is CCCC1CCC(CNC2CC2)(OC2CCOCC2)CC1. The number of ether oxygens (including phenoxy) is 2. The minimum absolute atomic E-state index is 0.120. The summed E-state index contributed by atoms with van der Waals surface area (Å²) in [6, 6.07) is 0.786. The van der Waals surface area contributed by atoms with Crippen molar-refractivity contribution >= 4 is 0 Å². The first-order chi connectivity index (χ1) is 10.3. The summed E-state index contributed by atoms with van der Waals surface area (Å²) in [4.78, 5) is 0. The van der Waals surface area contributed by atoms with E-state index in [0.29, 0.717) is 6.10 Å². The molecule has 3 aliphatic rings. The highest BCUT2D eigenvalue weighted by molar-refractivity contribution is 4.93. The van der Waals surface area contributed by atoms with Crippen LogP contribution in [0.5, 0.6) is 0 Å². The molecule has 3 rings (SSSR count). The van der Waals surface area contributed by atoms with Crippen molar-refractivity contribution in [1.82, 2.24) is 5.32 Å². The Balaban J connectivity index is 1.54. The Hall–Kier alpha value is -0.120. The lowest BCUT2D eigenvalue weighted by molar-refractivity contribution is -0.143. The van der Waals surface area contributed by atoms with E-state index in [1.807, 2.05) is 0 Å². The summed E-state index contributed by atoms with van der Waals surface area (Å²) in [6.07, 6.45) is 13.3. The molecule has 0 aromatic rings. The highest BCUT2D eigenvalue weighted by Crippen LogP contribution is 2.38. The van der Waals surface area contributed by atoms with E-state index in [-0.39, 0.29) is 5.60 Å². The molecular formula is C18H33NO2. The maximum absolute atomic E-state index is 6.68. The van der Waals surface area contributed by atoms with E-state index in [9.17, 15) is 0 Å². The molecule has 1 saturated heterocycles. The summed E-state index contributed by atoms with van der Waals surface area (Å²) in [5.41, 5.74) is 0.120. The summed E-state index contributed by atoms with van der Waals surface area (Å²) in [5, 5.41) is 3.75. The normalized spacial score (nSPS) is 35.0. The Labute approximate surface area is 130 Å². The van der Waals surface area contributed by atoms with Crippen LogP contribution in [0.25, 0.3) is 0 Å². The summed E-state index contributed by atoms with van der Waals surface area (Å²) in [6.45, 7) is 5.16. The van der Waals surface area contributed by atoms with Gasteiger partial charge in [0.05, 0.1) is 11.7 Å². The smallest absolute Gasteiger partial charge is 0.0810 e. The van der Waals surface area contributed by atoms with Crippen LogP contribution >= 0.6 is 0 Å². The van der Waals surface area contributed by atoms with E-state index in [1.165, 1.54) is 51.4 Å². The zero-order valence-corrected chi connectivity index (χ0v) is 13.7. The van der Waals surface area contributed by atoms with Gasteiger partial charge in [-0.3, -0.25) is 0 Å². The van der Waals surface area contributed by atoms with Gasteiger partial charge in [-0.05, 0) is 57.3 Å². The summed E-state index contributed by atoms with van der Waals surface area (Å²) < 4.78 is 12.2. The maximum Gasteiger partial charge on any atom is 0.0810 e. The first kappa shape index (κ1) is 15.8. The number of hydrogen-bond acceptors (Lipinski definition) is 3. The van der Waals surface area contributed by atoms with E-state index in [2.05, 4.69) is 12.2 Å². The second kappa shape index (κ2) is 7.43. The molecule has 0 atom stereocenters. The molecule has 1 heterocycles. The molecule has 0 radical (unpaired) electrons. The van der Waals surface area contributed by atoms with Crippen LogP contribution in [0.4, 0.5) is 0 Å². The molecular weight excluding hydrogens is 262 g/mol. The van der Waals surface area contributed by atoms with Crippen LogP contribution in [-0.4, -0.2) is 37.5 Å². The van der Waals surface area contributed by atoms with Gasteiger partial charge in [-0.25, -0.2) is 0 Å². The Kier molecular flexibility index (Phi) is 5.58. The van der Waals surface area contributed by atoms with Crippen molar-refractivity contribution in [3.05, 3.63) is 0 Å². The topological polar surface area (TPSA) is 30.5 Å². The molecule has 3 nitrogen and oxygen atoms in total. The average Bonchev–Trinajstić information content (AvgIpc) is 3.33. The van der Waals surface area contributed by atoms with Crippen molar-refractivity contribution in [2.45, 2.75) is 88.9 Å². The molecule has 2 saturated carbocycles. The molecule has 0 aromatic heterocycles. The van der Waals surface area contributed by atoms with Crippen LogP contribution in [0.3, 0.4) is 0 Å². The quantitative estimate of drug-likeness (QED) is 0.777. The van der Waals surface area contributed by atoms with Gasteiger partial charge < -0.3 is 14.8 Å². The van der Waals surface area contributed by atoms with Gasteiger partial charge >= 0.3 is 0 Å². The molecule has 0 aromatic carbocycles. The fraction of sp³-hybridized carbons (Fsp3) is 1.00. The van der Waals surface area contributed by atoms with Crippen molar-refractivity contribution in [3.8, 4) is 0 Å². The van der Waals surface area contributed by atoms with Crippen LogP contribution in [0.2, 0.25) is 0 Å². The van der Waals surface area contributed by atoms with E-state index >= 15 is 0 Å². The molecule has 21 heavy (non-hydrogen) atoms. The molecule has 0 spiro atoms. The van der Waals surface area contributed by atoms with Gasteiger partial charge in [-0.1, -0.05) is 19.8 Å². The zero-order chi connectivity index (χ0) is 14.5. The monoisotopic (exact) mass is 295 g/mol. The zero-order valence-electron chi connectivity index (χ0n) is 13.7. The number of rotatable bonds is 7. The van der Waals surface area contributed by atoms with Crippen LogP contribution in [0.1, 0.15) is 71.1 Å². The lowest BCUT2D eigenvalue weighted by atomic mass is 9.76.